The number of methoxy groups -OCH3 is 1. The molecule has 0 amide bonds. The number of unbranched alkanes of at least 4 members (excludes halogenated alkanes) is 1. The van der Waals surface area contributed by atoms with Crippen LogP contribution < -0.4 is 26.4 Å². The van der Waals surface area contributed by atoms with Crippen molar-refractivity contribution in [1.29, 1.82) is 0 Å². The maximum atomic E-state index is 5.89. The number of aromatic nitrogens is 4. The predicted molar refractivity (Wildman–Crippen MR) is 119 cm³/mol. The molecule has 30 heavy (non-hydrogen) atoms. The minimum absolute atomic E-state index is 0.247. The minimum Gasteiger partial charge on any atom is -0.496 e. The molecule has 160 valence electrons. The van der Waals surface area contributed by atoms with Gasteiger partial charge in [-0.25, -0.2) is 4.98 Å². The number of ether oxygens (including phenoxy) is 1. The Labute approximate surface area is 176 Å². The summed E-state index contributed by atoms with van der Waals surface area (Å²) in [6.07, 6.45) is 4.06. The fourth-order valence-corrected chi connectivity index (χ4v) is 3.74. The Bertz CT molecular complexity index is 996. The molecule has 1 aromatic carbocycles. The van der Waals surface area contributed by atoms with Crippen molar-refractivity contribution in [3.63, 3.8) is 0 Å². The van der Waals surface area contributed by atoms with Crippen LogP contribution in [0.1, 0.15) is 36.9 Å². The standard InChI is InChI=1S/C21H30N8O/c1-3-4-7-25-20-19-17(26-21(22)27-20)13-29(28-19)12-15-6-5-14(10-18(15)30-2)16-11-23-8-9-24-16/h5-6,10,13,16,23-24H,3-4,7-9,11-12H2,1-2H3,(H3,22,25,26,27)/t16-/m1/s1. The number of hydrogen-bond acceptors (Lipinski definition) is 8. The molecule has 0 bridgehead atoms. The van der Waals surface area contributed by atoms with Gasteiger partial charge in [0.25, 0.3) is 0 Å². The third-order valence-electron chi connectivity index (χ3n) is 5.34. The number of benzene rings is 1. The van der Waals surface area contributed by atoms with Gasteiger partial charge in [0.05, 0.1) is 19.9 Å². The average Bonchev–Trinajstić information content (AvgIpc) is 3.17. The van der Waals surface area contributed by atoms with Gasteiger partial charge < -0.3 is 26.4 Å². The van der Waals surface area contributed by atoms with Crippen LogP contribution in [-0.2, 0) is 6.54 Å². The summed E-state index contributed by atoms with van der Waals surface area (Å²) in [5, 5.41) is 15.0. The van der Waals surface area contributed by atoms with Crippen LogP contribution in [0.2, 0.25) is 0 Å². The molecule has 1 fully saturated rings. The van der Waals surface area contributed by atoms with Gasteiger partial charge in [0, 0.05) is 37.8 Å². The molecule has 1 aliphatic heterocycles. The molecule has 9 heteroatoms. The number of nitrogens with one attached hydrogen (secondary N) is 3. The van der Waals surface area contributed by atoms with Gasteiger partial charge in [0.2, 0.25) is 5.95 Å². The predicted octanol–water partition coefficient (Wildman–Crippen LogP) is 1.91. The lowest BCUT2D eigenvalue weighted by molar-refractivity contribution is 0.401. The summed E-state index contributed by atoms with van der Waals surface area (Å²) in [5.74, 6) is 1.78. The van der Waals surface area contributed by atoms with Gasteiger partial charge in [-0.15, -0.1) is 0 Å². The lowest BCUT2D eigenvalue weighted by Gasteiger charge is -2.25. The van der Waals surface area contributed by atoms with Gasteiger partial charge >= 0.3 is 0 Å². The maximum absolute atomic E-state index is 5.89. The van der Waals surface area contributed by atoms with Crippen LogP contribution in [0.4, 0.5) is 11.8 Å². The second kappa shape index (κ2) is 9.27. The molecule has 3 heterocycles. The van der Waals surface area contributed by atoms with E-state index >= 15 is 0 Å². The molecule has 0 spiro atoms. The lowest BCUT2D eigenvalue weighted by atomic mass is 10.0. The van der Waals surface area contributed by atoms with E-state index in [0.717, 1.165) is 61.4 Å². The first-order valence-corrected chi connectivity index (χ1v) is 10.5. The van der Waals surface area contributed by atoms with Crippen molar-refractivity contribution in [1.82, 2.24) is 30.4 Å². The fraction of sp³-hybridized carbons (Fsp3) is 0.476. The Morgan fingerprint density at radius 3 is 2.97 bits per heavy atom. The first-order chi connectivity index (χ1) is 14.7. The molecule has 9 nitrogen and oxygen atoms in total. The van der Waals surface area contributed by atoms with E-state index in [4.69, 9.17) is 15.6 Å². The molecule has 1 aliphatic rings. The van der Waals surface area contributed by atoms with Crippen LogP contribution in [-0.4, -0.2) is 53.0 Å². The summed E-state index contributed by atoms with van der Waals surface area (Å²) in [6.45, 7) is 6.44. The van der Waals surface area contributed by atoms with Crippen molar-refractivity contribution >= 4 is 22.8 Å². The summed E-state index contributed by atoms with van der Waals surface area (Å²) in [6, 6.07) is 6.67. The second-order valence-electron chi connectivity index (χ2n) is 7.55. The molecule has 0 unspecified atom stereocenters. The van der Waals surface area contributed by atoms with Gasteiger partial charge in [-0.1, -0.05) is 25.5 Å². The average molecular weight is 411 g/mol. The van der Waals surface area contributed by atoms with E-state index < -0.39 is 0 Å². The van der Waals surface area contributed by atoms with E-state index in [-0.39, 0.29) is 5.95 Å². The van der Waals surface area contributed by atoms with Crippen LogP contribution in [0.25, 0.3) is 11.0 Å². The molecule has 5 N–H and O–H groups in total. The number of anilines is 2. The summed E-state index contributed by atoms with van der Waals surface area (Å²) in [7, 11) is 1.71. The number of rotatable bonds is 8. The van der Waals surface area contributed by atoms with Crippen molar-refractivity contribution < 1.29 is 4.74 Å². The maximum Gasteiger partial charge on any atom is 0.222 e. The fourth-order valence-electron chi connectivity index (χ4n) is 3.74. The van der Waals surface area contributed by atoms with Crippen molar-refractivity contribution in [3.05, 3.63) is 35.5 Å². The Morgan fingerprint density at radius 2 is 2.20 bits per heavy atom. The third-order valence-corrected chi connectivity index (χ3v) is 5.34. The smallest absolute Gasteiger partial charge is 0.222 e. The minimum atomic E-state index is 0.247. The SMILES string of the molecule is CCCCNc1nc(N)nc2cn(Cc3ccc([C@H]4CNCCN4)cc3OC)nc12. The molecular formula is C21H30N8O. The molecule has 3 aromatic rings. The van der Waals surface area contributed by atoms with E-state index in [2.05, 4.69) is 51.0 Å². The second-order valence-corrected chi connectivity index (χ2v) is 7.55. The number of nitrogens with two attached hydrogens (primary N) is 1. The van der Waals surface area contributed by atoms with E-state index in [0.29, 0.717) is 18.4 Å². The molecule has 1 atom stereocenters. The Balaban J connectivity index is 1.58. The lowest BCUT2D eigenvalue weighted by Crippen LogP contribution is -2.42. The van der Waals surface area contributed by atoms with Crippen LogP contribution in [0.15, 0.2) is 24.4 Å². The largest absolute Gasteiger partial charge is 0.496 e. The Kier molecular flexibility index (Phi) is 6.29. The summed E-state index contributed by atoms with van der Waals surface area (Å²) < 4.78 is 7.54. The van der Waals surface area contributed by atoms with E-state index in [1.165, 1.54) is 5.56 Å². The highest BCUT2D eigenvalue weighted by Crippen LogP contribution is 2.26. The highest BCUT2D eigenvalue weighted by Gasteiger charge is 2.17. The number of piperazine rings is 1. The molecule has 0 radical (unpaired) electrons. The van der Waals surface area contributed by atoms with E-state index in [9.17, 15) is 0 Å². The zero-order chi connectivity index (χ0) is 20.9. The van der Waals surface area contributed by atoms with Crippen molar-refractivity contribution in [2.45, 2.75) is 32.4 Å². The first kappa shape index (κ1) is 20.4. The zero-order valence-electron chi connectivity index (χ0n) is 17.6. The molecule has 0 aliphatic carbocycles. The van der Waals surface area contributed by atoms with Gasteiger partial charge in [-0.2, -0.15) is 10.1 Å². The molecule has 0 saturated carbocycles. The van der Waals surface area contributed by atoms with E-state index in [1.807, 2.05) is 10.9 Å². The van der Waals surface area contributed by atoms with Gasteiger partial charge in [0.15, 0.2) is 11.3 Å². The summed E-state index contributed by atoms with van der Waals surface area (Å²) >= 11 is 0. The van der Waals surface area contributed by atoms with Crippen LogP contribution >= 0.6 is 0 Å². The van der Waals surface area contributed by atoms with Crippen molar-refractivity contribution in [2.24, 2.45) is 0 Å². The molecule has 2 aromatic heterocycles. The van der Waals surface area contributed by atoms with E-state index in [1.54, 1.807) is 7.11 Å². The molecule has 4 rings (SSSR count). The highest BCUT2D eigenvalue weighted by molar-refractivity contribution is 5.85. The van der Waals surface area contributed by atoms with Crippen molar-refractivity contribution in [3.8, 4) is 5.75 Å². The van der Waals surface area contributed by atoms with Gasteiger partial charge in [-0.3, -0.25) is 4.68 Å². The van der Waals surface area contributed by atoms with Crippen LogP contribution in [0.3, 0.4) is 0 Å². The van der Waals surface area contributed by atoms with Crippen LogP contribution in [0.5, 0.6) is 5.75 Å². The summed E-state index contributed by atoms with van der Waals surface area (Å²) in [5.41, 5.74) is 9.63. The Morgan fingerprint density at radius 1 is 1.30 bits per heavy atom. The monoisotopic (exact) mass is 410 g/mol. The van der Waals surface area contributed by atoms with Crippen molar-refractivity contribution in [2.75, 3.05) is 44.3 Å². The summed E-state index contributed by atoms with van der Waals surface area (Å²) in [4.78, 5) is 8.67. The molecule has 1 saturated heterocycles. The first-order valence-electron chi connectivity index (χ1n) is 10.5. The molecular weight excluding hydrogens is 380 g/mol. The number of nitrogens with zero attached hydrogens (tertiary/aromatic N) is 4. The zero-order valence-corrected chi connectivity index (χ0v) is 17.6. The Hall–Kier alpha value is -2.91. The highest BCUT2D eigenvalue weighted by atomic mass is 16.5. The normalized spacial score (nSPS) is 16.7. The van der Waals surface area contributed by atoms with Gasteiger partial charge in [0.1, 0.15) is 11.3 Å². The number of nitrogen functional groups attached to an aromatic ring is 1. The quantitative estimate of drug-likeness (QED) is 0.416. The number of fused-ring (bicyclic) bond motifs is 1. The topological polar surface area (TPSA) is 115 Å². The number of hydrogen-bond donors (Lipinski definition) is 4. The third kappa shape index (κ3) is 4.47. The van der Waals surface area contributed by atoms with Gasteiger partial charge in [-0.05, 0) is 18.1 Å². The van der Waals surface area contributed by atoms with Crippen LogP contribution in [0, 0.1) is 0 Å².